The molecule has 0 aliphatic carbocycles. The van der Waals surface area contributed by atoms with Gasteiger partial charge in [-0.25, -0.2) is 4.79 Å². The van der Waals surface area contributed by atoms with Gasteiger partial charge in [0, 0.05) is 27.7 Å². The molecule has 0 radical (unpaired) electrons. The van der Waals surface area contributed by atoms with Gasteiger partial charge in [0.2, 0.25) is 0 Å². The number of nitrogens with zero attached hydrogens (tertiary/aromatic N) is 1. The molecule has 6 nitrogen and oxygen atoms in total. The van der Waals surface area contributed by atoms with Crippen LogP contribution < -0.4 is 10.1 Å². The van der Waals surface area contributed by atoms with E-state index in [1.807, 2.05) is 37.3 Å². The number of carbonyl (C=O) groups is 2. The summed E-state index contributed by atoms with van der Waals surface area (Å²) in [6.07, 6.45) is 1.90. The Bertz CT molecular complexity index is 1310. The van der Waals surface area contributed by atoms with Crippen molar-refractivity contribution in [3.63, 3.8) is 0 Å². The summed E-state index contributed by atoms with van der Waals surface area (Å²) in [6, 6.07) is 18.9. The van der Waals surface area contributed by atoms with Gasteiger partial charge in [0.1, 0.15) is 17.4 Å². The number of nitrogens with one attached hydrogen (secondary N) is 1. The Morgan fingerprint density at radius 2 is 1.77 bits per heavy atom. The van der Waals surface area contributed by atoms with Gasteiger partial charge in [-0.3, -0.25) is 4.79 Å². The van der Waals surface area contributed by atoms with Crippen molar-refractivity contribution in [1.82, 2.24) is 0 Å². The first-order valence-corrected chi connectivity index (χ1v) is 11.4. The molecule has 3 aromatic carbocycles. The van der Waals surface area contributed by atoms with E-state index < -0.39 is 11.9 Å². The topological polar surface area (TPSA) is 88.4 Å². The molecule has 35 heavy (non-hydrogen) atoms. The highest BCUT2D eigenvalue weighted by Gasteiger charge is 2.15. The van der Waals surface area contributed by atoms with Crippen molar-refractivity contribution in [3.8, 4) is 11.8 Å². The first-order valence-electron chi connectivity index (χ1n) is 10.7. The van der Waals surface area contributed by atoms with Crippen LogP contribution in [0.4, 0.5) is 5.69 Å². The Hall–Kier alpha value is -3.79. The minimum Gasteiger partial charge on any atom is -0.494 e. The molecule has 178 valence electrons. The predicted octanol–water partition coefficient (Wildman–Crippen LogP) is 6.32. The van der Waals surface area contributed by atoms with E-state index >= 15 is 0 Å². The zero-order valence-electron chi connectivity index (χ0n) is 19.1. The minimum absolute atomic E-state index is 0.126. The van der Waals surface area contributed by atoms with E-state index in [0.717, 1.165) is 11.1 Å². The molecule has 0 unspecified atom stereocenters. The molecule has 0 fully saturated rings. The van der Waals surface area contributed by atoms with Gasteiger partial charge in [0.25, 0.3) is 5.91 Å². The maximum absolute atomic E-state index is 12.7. The van der Waals surface area contributed by atoms with E-state index in [4.69, 9.17) is 27.9 Å². The number of nitriles is 1. The smallest absolute Gasteiger partial charge is 0.337 e. The second-order valence-electron chi connectivity index (χ2n) is 7.37. The van der Waals surface area contributed by atoms with Crippen molar-refractivity contribution >= 4 is 46.8 Å². The van der Waals surface area contributed by atoms with Gasteiger partial charge in [-0.1, -0.05) is 41.4 Å². The van der Waals surface area contributed by atoms with E-state index in [1.54, 1.807) is 24.3 Å². The second-order valence-corrected chi connectivity index (χ2v) is 8.19. The first kappa shape index (κ1) is 25.8. The van der Waals surface area contributed by atoms with Gasteiger partial charge in [-0.2, -0.15) is 5.26 Å². The van der Waals surface area contributed by atoms with Crippen molar-refractivity contribution in [2.75, 3.05) is 19.0 Å². The number of amides is 1. The fraction of sp³-hybridized carbons (Fsp3) is 0.148. The largest absolute Gasteiger partial charge is 0.494 e. The summed E-state index contributed by atoms with van der Waals surface area (Å²) < 4.78 is 10.5. The summed E-state index contributed by atoms with van der Waals surface area (Å²) in [5, 5.41) is 13.3. The van der Waals surface area contributed by atoms with Crippen LogP contribution in [0.1, 0.15) is 34.0 Å². The SMILES string of the molecule is CCOc1cc(/C=C(\C#N)C(=O)Nc2ccc(C(=O)OC)cc2)cc(Cl)c1Cc1ccccc1Cl. The molecule has 8 heteroatoms. The lowest BCUT2D eigenvalue weighted by Gasteiger charge is -2.14. The fourth-order valence-corrected chi connectivity index (χ4v) is 3.81. The Kier molecular flexibility index (Phi) is 8.91. The Morgan fingerprint density at radius 3 is 2.40 bits per heavy atom. The average molecular weight is 509 g/mol. The lowest BCUT2D eigenvalue weighted by Crippen LogP contribution is -2.13. The highest BCUT2D eigenvalue weighted by atomic mass is 35.5. The summed E-state index contributed by atoms with van der Waals surface area (Å²) in [4.78, 5) is 24.3. The summed E-state index contributed by atoms with van der Waals surface area (Å²) in [5.41, 5.74) is 2.83. The minimum atomic E-state index is -0.604. The third-order valence-electron chi connectivity index (χ3n) is 5.04. The van der Waals surface area contributed by atoms with Crippen LogP contribution in [-0.4, -0.2) is 25.6 Å². The number of methoxy groups -OCH3 is 1. The number of ether oxygens (including phenoxy) is 2. The number of benzene rings is 3. The Labute approximate surface area is 213 Å². The van der Waals surface area contributed by atoms with Crippen molar-refractivity contribution in [1.29, 1.82) is 5.26 Å². The highest BCUT2D eigenvalue weighted by molar-refractivity contribution is 6.32. The van der Waals surface area contributed by atoms with Crippen LogP contribution in [0.3, 0.4) is 0 Å². The molecular formula is C27H22Cl2N2O4. The fourth-order valence-electron chi connectivity index (χ4n) is 3.32. The second kappa shape index (κ2) is 12.1. The van der Waals surface area contributed by atoms with E-state index in [1.165, 1.54) is 25.3 Å². The van der Waals surface area contributed by atoms with Crippen LogP contribution in [0.25, 0.3) is 6.08 Å². The zero-order valence-corrected chi connectivity index (χ0v) is 20.6. The highest BCUT2D eigenvalue weighted by Crippen LogP contribution is 2.33. The molecule has 0 aliphatic rings. The summed E-state index contributed by atoms with van der Waals surface area (Å²) in [7, 11) is 1.29. The molecule has 3 rings (SSSR count). The number of esters is 1. The molecule has 0 saturated heterocycles. The molecule has 0 atom stereocenters. The summed E-state index contributed by atoms with van der Waals surface area (Å²) in [5.74, 6) is -0.546. The quantitative estimate of drug-likeness (QED) is 0.218. The van der Waals surface area contributed by atoms with Crippen molar-refractivity contribution in [2.45, 2.75) is 13.3 Å². The van der Waals surface area contributed by atoms with Gasteiger partial charge in [0.05, 0.1) is 19.3 Å². The molecule has 0 aliphatic heterocycles. The number of anilines is 1. The summed E-state index contributed by atoms with van der Waals surface area (Å²) in [6.45, 7) is 2.27. The van der Waals surface area contributed by atoms with Gasteiger partial charge in [-0.05, 0) is 66.6 Å². The van der Waals surface area contributed by atoms with Gasteiger partial charge in [-0.15, -0.1) is 0 Å². The molecule has 0 saturated carbocycles. The van der Waals surface area contributed by atoms with Gasteiger partial charge < -0.3 is 14.8 Å². The average Bonchev–Trinajstić information content (AvgIpc) is 2.85. The molecule has 1 amide bonds. The number of carbonyl (C=O) groups excluding carboxylic acids is 2. The maximum Gasteiger partial charge on any atom is 0.337 e. The predicted molar refractivity (Wildman–Crippen MR) is 137 cm³/mol. The molecule has 0 heterocycles. The normalized spacial score (nSPS) is 10.9. The van der Waals surface area contributed by atoms with E-state index in [-0.39, 0.29) is 5.57 Å². The van der Waals surface area contributed by atoms with Crippen molar-refractivity contribution in [2.24, 2.45) is 0 Å². The van der Waals surface area contributed by atoms with Crippen LogP contribution in [0.5, 0.6) is 5.75 Å². The van der Waals surface area contributed by atoms with Gasteiger partial charge >= 0.3 is 5.97 Å². The maximum atomic E-state index is 12.7. The van der Waals surface area contributed by atoms with Crippen LogP contribution >= 0.6 is 23.2 Å². The standard InChI is InChI=1S/C27H22Cl2N2O4/c1-3-35-25-14-17(13-24(29)22(25)15-19-6-4-5-7-23(19)28)12-20(16-30)26(32)31-21-10-8-18(9-11-21)27(33)34-2/h4-14H,3,15H2,1-2H3,(H,31,32)/b20-12+. The molecule has 0 aromatic heterocycles. The zero-order chi connectivity index (χ0) is 25.4. The number of halogens is 2. The molecular weight excluding hydrogens is 487 g/mol. The molecule has 1 N–H and O–H groups in total. The Morgan fingerprint density at radius 1 is 1.06 bits per heavy atom. The van der Waals surface area contributed by atoms with E-state index in [9.17, 15) is 14.9 Å². The van der Waals surface area contributed by atoms with Crippen LogP contribution in [0.15, 0.2) is 66.2 Å². The van der Waals surface area contributed by atoms with Crippen molar-refractivity contribution in [3.05, 3.63) is 98.5 Å². The Balaban J connectivity index is 1.87. The monoisotopic (exact) mass is 508 g/mol. The number of rotatable bonds is 8. The molecule has 0 bridgehead atoms. The third-order valence-corrected chi connectivity index (χ3v) is 5.75. The van der Waals surface area contributed by atoms with E-state index in [0.29, 0.717) is 45.6 Å². The summed E-state index contributed by atoms with van der Waals surface area (Å²) >= 11 is 12.9. The lowest BCUT2D eigenvalue weighted by molar-refractivity contribution is -0.112. The number of hydrogen-bond acceptors (Lipinski definition) is 5. The van der Waals surface area contributed by atoms with E-state index in [2.05, 4.69) is 10.1 Å². The van der Waals surface area contributed by atoms with Crippen LogP contribution in [-0.2, 0) is 16.0 Å². The van der Waals surface area contributed by atoms with Crippen molar-refractivity contribution < 1.29 is 19.1 Å². The lowest BCUT2D eigenvalue weighted by atomic mass is 10.0. The van der Waals surface area contributed by atoms with Crippen LogP contribution in [0, 0.1) is 11.3 Å². The first-order chi connectivity index (χ1) is 16.9. The molecule has 0 spiro atoms. The van der Waals surface area contributed by atoms with Gasteiger partial charge in [0.15, 0.2) is 0 Å². The number of hydrogen-bond donors (Lipinski definition) is 1. The van der Waals surface area contributed by atoms with Crippen LogP contribution in [0.2, 0.25) is 10.0 Å². The third kappa shape index (κ3) is 6.63. The molecule has 3 aromatic rings.